The summed E-state index contributed by atoms with van der Waals surface area (Å²) in [7, 11) is 0. The lowest BCUT2D eigenvalue weighted by molar-refractivity contribution is 0.596. The molecule has 1 rings (SSSR count). The van der Waals surface area contributed by atoms with Gasteiger partial charge in [0.25, 0.3) is 0 Å². The number of rotatable bonds is 3. The molecule has 0 fully saturated rings. The van der Waals surface area contributed by atoms with Crippen molar-refractivity contribution in [2.45, 2.75) is 40.7 Å². The van der Waals surface area contributed by atoms with E-state index < -0.39 is 0 Å². The molecule has 0 saturated carbocycles. The van der Waals surface area contributed by atoms with Crippen LogP contribution in [0.1, 0.15) is 32.9 Å². The molecule has 0 aromatic carbocycles. The van der Waals surface area contributed by atoms with Crippen molar-refractivity contribution in [3.05, 3.63) is 22.9 Å². The number of hydrogen-bond donors (Lipinski definition) is 1. The first-order valence-corrected chi connectivity index (χ1v) is 4.93. The standard InChI is InChI=1S/C11H19N3/c1-8(2)9(3)5-6-14-10(4)7-11(12)13-14/h7H,5-6H2,1-4H3,(H2,12,13). The summed E-state index contributed by atoms with van der Waals surface area (Å²) in [5.74, 6) is 0.609. The molecular formula is C11H19N3. The van der Waals surface area contributed by atoms with Gasteiger partial charge in [0.1, 0.15) is 5.82 Å². The molecule has 0 aliphatic carbocycles. The maximum Gasteiger partial charge on any atom is 0.145 e. The predicted molar refractivity (Wildman–Crippen MR) is 60.0 cm³/mol. The van der Waals surface area contributed by atoms with Gasteiger partial charge in [-0.1, -0.05) is 11.1 Å². The van der Waals surface area contributed by atoms with Gasteiger partial charge in [-0.3, -0.25) is 4.68 Å². The van der Waals surface area contributed by atoms with Crippen molar-refractivity contribution in [2.75, 3.05) is 5.73 Å². The van der Waals surface area contributed by atoms with Gasteiger partial charge in [-0.25, -0.2) is 0 Å². The fourth-order valence-electron chi connectivity index (χ4n) is 1.29. The average molecular weight is 193 g/mol. The zero-order chi connectivity index (χ0) is 10.7. The first-order chi connectivity index (χ1) is 6.50. The summed E-state index contributed by atoms with van der Waals surface area (Å²) in [6.45, 7) is 9.39. The number of nitrogen functional groups attached to an aromatic ring is 1. The molecule has 0 unspecified atom stereocenters. The third-order valence-electron chi connectivity index (χ3n) is 2.55. The second kappa shape index (κ2) is 4.31. The van der Waals surface area contributed by atoms with Crippen molar-refractivity contribution in [1.29, 1.82) is 0 Å². The van der Waals surface area contributed by atoms with E-state index in [0.29, 0.717) is 5.82 Å². The summed E-state index contributed by atoms with van der Waals surface area (Å²) in [5.41, 5.74) is 9.55. The van der Waals surface area contributed by atoms with Crippen LogP contribution in [0.15, 0.2) is 17.2 Å². The van der Waals surface area contributed by atoms with Crippen LogP contribution in [0.2, 0.25) is 0 Å². The van der Waals surface area contributed by atoms with Gasteiger partial charge in [-0.05, 0) is 34.1 Å². The maximum absolute atomic E-state index is 5.60. The van der Waals surface area contributed by atoms with Gasteiger partial charge in [-0.15, -0.1) is 0 Å². The third kappa shape index (κ3) is 2.62. The molecule has 2 N–H and O–H groups in total. The Hall–Kier alpha value is -1.25. The molecule has 78 valence electrons. The molecule has 0 amide bonds. The Bertz CT molecular complexity index is 343. The minimum Gasteiger partial charge on any atom is -0.382 e. The monoisotopic (exact) mass is 193 g/mol. The SMILES string of the molecule is CC(C)=C(C)CCn1nc(N)cc1C. The Morgan fingerprint density at radius 1 is 1.43 bits per heavy atom. The lowest BCUT2D eigenvalue weighted by Crippen LogP contribution is -2.03. The summed E-state index contributed by atoms with van der Waals surface area (Å²) in [4.78, 5) is 0. The van der Waals surface area contributed by atoms with E-state index in [1.807, 2.05) is 17.7 Å². The highest BCUT2D eigenvalue weighted by Gasteiger charge is 2.01. The van der Waals surface area contributed by atoms with Gasteiger partial charge in [0, 0.05) is 18.3 Å². The average Bonchev–Trinajstić information content (AvgIpc) is 2.40. The highest BCUT2D eigenvalue weighted by molar-refractivity contribution is 5.28. The molecule has 14 heavy (non-hydrogen) atoms. The zero-order valence-electron chi connectivity index (χ0n) is 9.46. The number of nitrogens with zero attached hydrogens (tertiary/aromatic N) is 2. The molecule has 3 nitrogen and oxygen atoms in total. The lowest BCUT2D eigenvalue weighted by atomic mass is 10.1. The summed E-state index contributed by atoms with van der Waals surface area (Å²) in [6, 6.07) is 1.90. The summed E-state index contributed by atoms with van der Waals surface area (Å²) < 4.78 is 1.96. The molecule has 1 heterocycles. The Kier molecular flexibility index (Phi) is 3.33. The minimum absolute atomic E-state index is 0.609. The van der Waals surface area contributed by atoms with Crippen LogP contribution in [0.5, 0.6) is 0 Å². The Morgan fingerprint density at radius 2 is 2.07 bits per heavy atom. The van der Waals surface area contributed by atoms with Gasteiger partial charge in [0.2, 0.25) is 0 Å². The van der Waals surface area contributed by atoms with Crippen molar-refractivity contribution < 1.29 is 0 Å². The largest absolute Gasteiger partial charge is 0.382 e. The number of aryl methyl sites for hydroxylation is 2. The summed E-state index contributed by atoms with van der Waals surface area (Å²) in [6.07, 6.45) is 1.05. The van der Waals surface area contributed by atoms with E-state index in [-0.39, 0.29) is 0 Å². The second-order valence-corrected chi connectivity index (χ2v) is 3.96. The first-order valence-electron chi connectivity index (χ1n) is 4.93. The van der Waals surface area contributed by atoms with E-state index in [0.717, 1.165) is 18.7 Å². The zero-order valence-corrected chi connectivity index (χ0v) is 9.46. The molecule has 0 aliphatic rings. The molecule has 0 saturated heterocycles. The quantitative estimate of drug-likeness (QED) is 0.750. The number of nitrogens with two attached hydrogens (primary N) is 1. The number of allylic oxidation sites excluding steroid dienone is 2. The molecular weight excluding hydrogens is 174 g/mol. The van der Waals surface area contributed by atoms with Crippen LogP contribution in [0, 0.1) is 6.92 Å². The second-order valence-electron chi connectivity index (χ2n) is 3.96. The number of anilines is 1. The van der Waals surface area contributed by atoms with Gasteiger partial charge in [0.15, 0.2) is 0 Å². The molecule has 1 aromatic heterocycles. The van der Waals surface area contributed by atoms with Gasteiger partial charge in [0.05, 0.1) is 0 Å². The number of aromatic nitrogens is 2. The predicted octanol–water partition coefficient (Wildman–Crippen LogP) is 2.52. The fraction of sp³-hybridized carbons (Fsp3) is 0.545. The molecule has 0 spiro atoms. The highest BCUT2D eigenvalue weighted by Crippen LogP contribution is 2.11. The van der Waals surface area contributed by atoms with E-state index in [4.69, 9.17) is 5.73 Å². The Labute approximate surface area is 85.6 Å². The lowest BCUT2D eigenvalue weighted by Gasteiger charge is -2.05. The molecule has 0 atom stereocenters. The van der Waals surface area contributed by atoms with Crippen LogP contribution in [0.25, 0.3) is 0 Å². The third-order valence-corrected chi connectivity index (χ3v) is 2.55. The van der Waals surface area contributed by atoms with Gasteiger partial charge < -0.3 is 5.73 Å². The molecule has 0 radical (unpaired) electrons. The first kappa shape index (κ1) is 10.8. The Morgan fingerprint density at radius 3 is 2.50 bits per heavy atom. The van der Waals surface area contributed by atoms with Gasteiger partial charge >= 0.3 is 0 Å². The molecule has 0 bridgehead atoms. The van der Waals surface area contributed by atoms with Crippen molar-refractivity contribution in [3.63, 3.8) is 0 Å². The fourth-order valence-corrected chi connectivity index (χ4v) is 1.29. The van der Waals surface area contributed by atoms with Crippen LogP contribution >= 0.6 is 0 Å². The maximum atomic E-state index is 5.60. The highest BCUT2D eigenvalue weighted by atomic mass is 15.3. The van der Waals surface area contributed by atoms with E-state index in [1.165, 1.54) is 11.1 Å². The van der Waals surface area contributed by atoms with Crippen LogP contribution in [0.4, 0.5) is 5.82 Å². The van der Waals surface area contributed by atoms with Crippen LogP contribution in [-0.2, 0) is 6.54 Å². The van der Waals surface area contributed by atoms with E-state index in [9.17, 15) is 0 Å². The van der Waals surface area contributed by atoms with Gasteiger partial charge in [-0.2, -0.15) is 5.10 Å². The normalized spacial score (nSPS) is 10.3. The molecule has 1 aromatic rings. The minimum atomic E-state index is 0.609. The van der Waals surface area contributed by atoms with Crippen molar-refractivity contribution in [2.24, 2.45) is 0 Å². The van der Waals surface area contributed by atoms with E-state index in [1.54, 1.807) is 0 Å². The van der Waals surface area contributed by atoms with E-state index in [2.05, 4.69) is 25.9 Å². The van der Waals surface area contributed by atoms with Crippen molar-refractivity contribution in [1.82, 2.24) is 9.78 Å². The van der Waals surface area contributed by atoms with Crippen LogP contribution < -0.4 is 5.73 Å². The van der Waals surface area contributed by atoms with Crippen molar-refractivity contribution >= 4 is 5.82 Å². The Balaban J connectivity index is 2.63. The van der Waals surface area contributed by atoms with E-state index >= 15 is 0 Å². The molecule has 0 aliphatic heterocycles. The van der Waals surface area contributed by atoms with Crippen molar-refractivity contribution in [3.8, 4) is 0 Å². The number of hydrogen-bond acceptors (Lipinski definition) is 2. The molecule has 3 heteroatoms. The van der Waals surface area contributed by atoms with Crippen LogP contribution in [-0.4, -0.2) is 9.78 Å². The topological polar surface area (TPSA) is 43.8 Å². The smallest absolute Gasteiger partial charge is 0.145 e. The summed E-state index contributed by atoms with van der Waals surface area (Å²) >= 11 is 0. The van der Waals surface area contributed by atoms with Crippen LogP contribution in [0.3, 0.4) is 0 Å². The summed E-state index contributed by atoms with van der Waals surface area (Å²) in [5, 5.41) is 4.21.